The van der Waals surface area contributed by atoms with Gasteiger partial charge in [0, 0.05) is 11.1 Å². The number of H-pyrrole nitrogens is 1. The third-order valence-corrected chi connectivity index (χ3v) is 3.56. The molecule has 4 nitrogen and oxygen atoms in total. The van der Waals surface area contributed by atoms with E-state index < -0.39 is 0 Å². The number of nitrogens with zero attached hydrogens (tertiary/aromatic N) is 1. The molecule has 1 unspecified atom stereocenters. The van der Waals surface area contributed by atoms with Crippen molar-refractivity contribution in [1.29, 1.82) is 0 Å². The maximum absolute atomic E-state index is 12.0. The minimum atomic E-state index is -0.121. The van der Waals surface area contributed by atoms with E-state index in [0.717, 1.165) is 6.42 Å². The predicted molar refractivity (Wildman–Crippen MR) is 83.2 cm³/mol. The lowest BCUT2D eigenvalue weighted by atomic mass is 10.1. The van der Waals surface area contributed by atoms with E-state index in [2.05, 4.69) is 29.1 Å². The molecule has 1 aromatic carbocycles. The summed E-state index contributed by atoms with van der Waals surface area (Å²) in [6.07, 6.45) is 3.52. The highest BCUT2D eigenvalue weighted by atomic mass is 35.5. The van der Waals surface area contributed by atoms with Crippen molar-refractivity contribution < 1.29 is 0 Å². The summed E-state index contributed by atoms with van der Waals surface area (Å²) in [4.78, 5) is 19.2. The molecule has 5 heteroatoms. The van der Waals surface area contributed by atoms with E-state index in [4.69, 9.17) is 11.6 Å². The quantitative estimate of drug-likeness (QED) is 0.859. The van der Waals surface area contributed by atoms with E-state index in [1.165, 1.54) is 12.8 Å². The van der Waals surface area contributed by atoms with E-state index in [1.807, 2.05) is 0 Å². The highest BCUT2D eigenvalue weighted by Gasteiger charge is 2.06. The van der Waals surface area contributed by atoms with Crippen molar-refractivity contribution in [2.45, 2.75) is 45.7 Å². The van der Waals surface area contributed by atoms with Gasteiger partial charge in [-0.25, -0.2) is 4.98 Å². The molecule has 1 atom stereocenters. The van der Waals surface area contributed by atoms with Crippen molar-refractivity contribution in [3.05, 3.63) is 39.4 Å². The second kappa shape index (κ2) is 6.86. The molecule has 0 radical (unpaired) electrons. The van der Waals surface area contributed by atoms with Crippen LogP contribution in [0.5, 0.6) is 0 Å². The van der Waals surface area contributed by atoms with Crippen LogP contribution >= 0.6 is 11.6 Å². The molecule has 0 aliphatic carbocycles. The smallest absolute Gasteiger partial charge is 0.258 e. The van der Waals surface area contributed by atoms with Crippen LogP contribution in [0.15, 0.2) is 23.0 Å². The van der Waals surface area contributed by atoms with E-state index in [9.17, 15) is 4.79 Å². The SMILES string of the molecule is CCCCC(C)NCc1nc2cc(Cl)ccc2c(=O)[nH]1. The zero-order valence-electron chi connectivity index (χ0n) is 11.9. The zero-order chi connectivity index (χ0) is 14.5. The lowest BCUT2D eigenvalue weighted by Crippen LogP contribution is -2.27. The van der Waals surface area contributed by atoms with Gasteiger partial charge in [0.1, 0.15) is 5.82 Å². The Labute approximate surface area is 123 Å². The van der Waals surface area contributed by atoms with Crippen molar-refractivity contribution in [2.24, 2.45) is 0 Å². The standard InChI is InChI=1S/C15H20ClN3O/c1-3-4-5-10(2)17-9-14-18-13-8-11(16)6-7-12(13)15(20)19-14/h6-8,10,17H,3-5,9H2,1-2H3,(H,18,19,20). The average molecular weight is 294 g/mol. The van der Waals surface area contributed by atoms with Gasteiger partial charge in [-0.05, 0) is 31.5 Å². The van der Waals surface area contributed by atoms with Crippen LogP contribution in [0.4, 0.5) is 0 Å². The Bertz CT molecular complexity index is 639. The third kappa shape index (κ3) is 3.81. The second-order valence-electron chi connectivity index (χ2n) is 5.10. The summed E-state index contributed by atoms with van der Waals surface area (Å²) in [5.74, 6) is 0.646. The average Bonchev–Trinajstić information content (AvgIpc) is 2.42. The molecule has 0 bridgehead atoms. The number of aromatic amines is 1. The van der Waals surface area contributed by atoms with Crippen LogP contribution in [-0.4, -0.2) is 16.0 Å². The van der Waals surface area contributed by atoms with Gasteiger partial charge in [-0.2, -0.15) is 0 Å². The zero-order valence-corrected chi connectivity index (χ0v) is 12.6. The predicted octanol–water partition coefficient (Wildman–Crippen LogP) is 3.24. The van der Waals surface area contributed by atoms with Crippen LogP contribution in [0.25, 0.3) is 10.9 Å². The number of fused-ring (bicyclic) bond motifs is 1. The fourth-order valence-corrected chi connectivity index (χ4v) is 2.29. The first kappa shape index (κ1) is 15.0. The molecular weight excluding hydrogens is 274 g/mol. The van der Waals surface area contributed by atoms with Crippen LogP contribution in [0.1, 0.15) is 38.9 Å². The van der Waals surface area contributed by atoms with Crippen molar-refractivity contribution in [1.82, 2.24) is 15.3 Å². The number of hydrogen-bond donors (Lipinski definition) is 2. The summed E-state index contributed by atoms with van der Waals surface area (Å²) in [5.41, 5.74) is 0.518. The molecule has 108 valence electrons. The summed E-state index contributed by atoms with van der Waals surface area (Å²) >= 11 is 5.94. The lowest BCUT2D eigenvalue weighted by molar-refractivity contribution is 0.487. The van der Waals surface area contributed by atoms with Gasteiger partial charge in [0.05, 0.1) is 17.4 Å². The monoisotopic (exact) mass is 293 g/mol. The van der Waals surface area contributed by atoms with Gasteiger partial charge < -0.3 is 10.3 Å². The molecular formula is C15H20ClN3O. The van der Waals surface area contributed by atoms with E-state index >= 15 is 0 Å². The van der Waals surface area contributed by atoms with Crippen LogP contribution in [0.3, 0.4) is 0 Å². The summed E-state index contributed by atoms with van der Waals surface area (Å²) in [5, 5.41) is 4.53. The minimum absolute atomic E-state index is 0.121. The number of rotatable bonds is 6. The molecule has 2 aromatic rings. The van der Waals surface area contributed by atoms with Crippen LogP contribution in [0, 0.1) is 0 Å². The number of unbranched alkanes of at least 4 members (excludes halogenated alkanes) is 1. The Morgan fingerprint density at radius 2 is 2.25 bits per heavy atom. The molecule has 2 N–H and O–H groups in total. The van der Waals surface area contributed by atoms with Gasteiger partial charge in [0.25, 0.3) is 5.56 Å². The fourth-order valence-electron chi connectivity index (χ4n) is 2.13. The molecule has 20 heavy (non-hydrogen) atoms. The topological polar surface area (TPSA) is 57.8 Å². The third-order valence-electron chi connectivity index (χ3n) is 3.33. The first-order valence-corrected chi connectivity index (χ1v) is 7.39. The molecule has 0 spiro atoms. The van der Waals surface area contributed by atoms with Gasteiger partial charge in [-0.3, -0.25) is 4.79 Å². The molecule has 0 aliphatic heterocycles. The highest BCUT2D eigenvalue weighted by molar-refractivity contribution is 6.31. The van der Waals surface area contributed by atoms with Crippen molar-refractivity contribution in [3.8, 4) is 0 Å². The number of benzene rings is 1. The summed E-state index contributed by atoms with van der Waals surface area (Å²) in [6, 6.07) is 5.53. The van der Waals surface area contributed by atoms with E-state index in [-0.39, 0.29) is 5.56 Å². The number of halogens is 1. The Morgan fingerprint density at radius 3 is 3.00 bits per heavy atom. The molecule has 0 fully saturated rings. The fraction of sp³-hybridized carbons (Fsp3) is 0.467. The maximum Gasteiger partial charge on any atom is 0.258 e. The Hall–Kier alpha value is -1.39. The number of aromatic nitrogens is 2. The molecule has 0 amide bonds. The Kier molecular flexibility index (Phi) is 5.15. The lowest BCUT2D eigenvalue weighted by Gasteiger charge is -2.12. The van der Waals surface area contributed by atoms with Crippen molar-refractivity contribution in [2.75, 3.05) is 0 Å². The van der Waals surface area contributed by atoms with Crippen LogP contribution in [0.2, 0.25) is 5.02 Å². The molecule has 1 aromatic heterocycles. The maximum atomic E-state index is 12.0. The molecule has 0 saturated carbocycles. The van der Waals surface area contributed by atoms with Gasteiger partial charge >= 0.3 is 0 Å². The van der Waals surface area contributed by atoms with Crippen LogP contribution in [-0.2, 0) is 6.54 Å². The van der Waals surface area contributed by atoms with Crippen LogP contribution < -0.4 is 10.9 Å². The van der Waals surface area contributed by atoms with Gasteiger partial charge in [-0.15, -0.1) is 0 Å². The Balaban J connectivity index is 2.13. The normalized spacial score (nSPS) is 12.8. The number of nitrogens with one attached hydrogen (secondary N) is 2. The second-order valence-corrected chi connectivity index (χ2v) is 5.53. The summed E-state index contributed by atoms with van der Waals surface area (Å²) < 4.78 is 0. The van der Waals surface area contributed by atoms with Gasteiger partial charge in [0.2, 0.25) is 0 Å². The summed E-state index contributed by atoms with van der Waals surface area (Å²) in [7, 11) is 0. The first-order chi connectivity index (χ1) is 9.60. The largest absolute Gasteiger partial charge is 0.309 e. The molecule has 2 rings (SSSR count). The van der Waals surface area contributed by atoms with E-state index in [1.54, 1.807) is 18.2 Å². The Morgan fingerprint density at radius 1 is 1.45 bits per heavy atom. The van der Waals surface area contributed by atoms with Gasteiger partial charge in [0.15, 0.2) is 0 Å². The van der Waals surface area contributed by atoms with E-state index in [0.29, 0.717) is 34.3 Å². The highest BCUT2D eigenvalue weighted by Crippen LogP contribution is 2.14. The molecule has 0 aliphatic rings. The van der Waals surface area contributed by atoms with Crippen molar-refractivity contribution in [3.63, 3.8) is 0 Å². The number of hydrogen-bond acceptors (Lipinski definition) is 3. The summed E-state index contributed by atoms with van der Waals surface area (Å²) in [6.45, 7) is 4.88. The minimum Gasteiger partial charge on any atom is -0.309 e. The first-order valence-electron chi connectivity index (χ1n) is 7.02. The van der Waals surface area contributed by atoms with Crippen molar-refractivity contribution >= 4 is 22.5 Å². The molecule has 0 saturated heterocycles. The van der Waals surface area contributed by atoms with Gasteiger partial charge in [-0.1, -0.05) is 31.4 Å². The molecule has 1 heterocycles.